The monoisotopic (exact) mass is 557 g/mol. The van der Waals surface area contributed by atoms with E-state index in [0.717, 1.165) is 76.8 Å². The summed E-state index contributed by atoms with van der Waals surface area (Å²) in [6, 6.07) is 21.4. The number of nitrogens with zero attached hydrogens (tertiary/aromatic N) is 1. The van der Waals surface area contributed by atoms with Gasteiger partial charge in [0, 0.05) is 31.3 Å². The van der Waals surface area contributed by atoms with E-state index in [4.69, 9.17) is 18.9 Å². The highest BCUT2D eigenvalue weighted by molar-refractivity contribution is 6.10. The molecule has 3 aromatic rings. The minimum absolute atomic E-state index is 0. The van der Waals surface area contributed by atoms with Crippen LogP contribution in [0.25, 0.3) is 0 Å². The fourth-order valence-corrected chi connectivity index (χ4v) is 3.84. The first-order valence-corrected chi connectivity index (χ1v) is 13.2. The van der Waals surface area contributed by atoms with Crippen molar-refractivity contribution in [2.75, 3.05) is 53.2 Å². The van der Waals surface area contributed by atoms with Crippen LogP contribution in [0.3, 0.4) is 0 Å². The third-order valence-corrected chi connectivity index (χ3v) is 6.07. The summed E-state index contributed by atoms with van der Waals surface area (Å²) in [5, 5.41) is 9.75. The molecule has 1 heterocycles. The van der Waals surface area contributed by atoms with E-state index in [0.29, 0.717) is 11.3 Å². The second-order valence-corrected chi connectivity index (χ2v) is 8.91. The van der Waals surface area contributed by atoms with Crippen molar-refractivity contribution in [3.8, 4) is 23.0 Å². The third kappa shape index (κ3) is 11.2. The molecule has 0 atom stereocenters. The molecule has 4 rings (SSSR count). The number of methoxy groups -OCH3 is 1. The van der Waals surface area contributed by atoms with Crippen molar-refractivity contribution in [1.29, 1.82) is 0 Å². The Labute approximate surface area is 238 Å². The van der Waals surface area contributed by atoms with Gasteiger partial charge in [-0.2, -0.15) is 0 Å². The van der Waals surface area contributed by atoms with Crippen LogP contribution in [0.1, 0.15) is 42.1 Å². The molecule has 0 bridgehead atoms. The summed E-state index contributed by atoms with van der Waals surface area (Å²) >= 11 is 0. The van der Waals surface area contributed by atoms with Gasteiger partial charge >= 0.3 is 0 Å². The van der Waals surface area contributed by atoms with Gasteiger partial charge in [-0.15, -0.1) is 12.4 Å². The van der Waals surface area contributed by atoms with Crippen LogP contribution in [0.2, 0.25) is 0 Å². The highest BCUT2D eigenvalue weighted by Crippen LogP contribution is 2.25. The minimum Gasteiger partial charge on any atom is -0.507 e. The summed E-state index contributed by atoms with van der Waals surface area (Å²) < 4.78 is 21.7. The van der Waals surface area contributed by atoms with Gasteiger partial charge < -0.3 is 24.1 Å². The number of rotatable bonds is 12. The van der Waals surface area contributed by atoms with Crippen molar-refractivity contribution < 1.29 is 28.8 Å². The van der Waals surface area contributed by atoms with Crippen LogP contribution in [0.4, 0.5) is 0 Å². The van der Waals surface area contributed by atoms with Crippen LogP contribution < -0.4 is 14.2 Å². The lowest BCUT2D eigenvalue weighted by molar-refractivity contribution is 0.0358. The fourth-order valence-electron chi connectivity index (χ4n) is 3.84. The fraction of sp³-hybridized carbons (Fsp3) is 0.387. The molecule has 3 aromatic carbocycles. The molecule has 0 unspecified atom stereocenters. The number of aromatic hydroxyl groups is 1. The van der Waals surface area contributed by atoms with Crippen LogP contribution in [-0.4, -0.2) is 69.0 Å². The largest absolute Gasteiger partial charge is 0.507 e. The Balaban J connectivity index is 0.000000272. The van der Waals surface area contributed by atoms with Gasteiger partial charge in [0.05, 0.1) is 39.1 Å². The molecule has 1 aliphatic heterocycles. The Morgan fingerprint density at radius 3 is 2.03 bits per heavy atom. The summed E-state index contributed by atoms with van der Waals surface area (Å²) in [5.74, 6) is 2.08. The van der Waals surface area contributed by atoms with Crippen molar-refractivity contribution in [2.24, 2.45) is 0 Å². The highest BCUT2D eigenvalue weighted by atomic mass is 35.5. The molecule has 0 saturated carbocycles. The lowest BCUT2D eigenvalue weighted by atomic mass is 10.0. The standard InChI is InChI=1S/C17H27NO3.C14H12O3.ClH/c1-2-3-12-20-16-5-7-17(8-6-16)21-13-4-9-18-10-14-19-15-11-18;1-17-11-7-8-12(13(15)9-11)14(16)10-5-3-2-4-6-10;/h5-8H,2-4,9-15H2,1H3;2-9,15H,1H3;1H. The molecular formula is C31H40ClNO6. The minimum atomic E-state index is -0.203. The number of morpholine rings is 1. The topological polar surface area (TPSA) is 77.5 Å². The number of halogens is 1. The van der Waals surface area contributed by atoms with Crippen molar-refractivity contribution >= 4 is 18.2 Å². The van der Waals surface area contributed by atoms with Crippen LogP contribution in [0, 0.1) is 0 Å². The summed E-state index contributed by atoms with van der Waals surface area (Å²) in [6.07, 6.45) is 3.30. The van der Waals surface area contributed by atoms with Gasteiger partial charge in [-0.1, -0.05) is 43.7 Å². The van der Waals surface area contributed by atoms with E-state index < -0.39 is 0 Å². The number of hydrogen-bond acceptors (Lipinski definition) is 7. The lowest BCUT2D eigenvalue weighted by Crippen LogP contribution is -2.37. The lowest BCUT2D eigenvalue weighted by Gasteiger charge is -2.26. The number of hydrogen-bond donors (Lipinski definition) is 1. The van der Waals surface area contributed by atoms with Crippen molar-refractivity contribution in [1.82, 2.24) is 4.90 Å². The molecule has 8 heteroatoms. The van der Waals surface area contributed by atoms with E-state index in [2.05, 4.69) is 11.8 Å². The zero-order chi connectivity index (χ0) is 27.0. The van der Waals surface area contributed by atoms with Crippen molar-refractivity contribution in [3.63, 3.8) is 0 Å². The van der Waals surface area contributed by atoms with Crippen LogP contribution in [0.15, 0.2) is 72.8 Å². The smallest absolute Gasteiger partial charge is 0.196 e. The Morgan fingerprint density at radius 2 is 1.46 bits per heavy atom. The van der Waals surface area contributed by atoms with Crippen LogP contribution >= 0.6 is 12.4 Å². The molecule has 1 aliphatic rings. The SMILES string of the molecule is CCCCOc1ccc(OCCCN2CCOCC2)cc1.COc1ccc(C(=O)c2ccccc2)c(O)c1.Cl. The average molecular weight is 558 g/mol. The van der Waals surface area contributed by atoms with Gasteiger partial charge in [0.15, 0.2) is 5.78 Å². The maximum Gasteiger partial charge on any atom is 0.196 e. The molecule has 212 valence electrons. The molecule has 0 aromatic heterocycles. The van der Waals surface area contributed by atoms with Gasteiger partial charge in [-0.25, -0.2) is 0 Å². The summed E-state index contributed by atoms with van der Waals surface area (Å²) in [4.78, 5) is 14.5. The van der Waals surface area contributed by atoms with E-state index in [1.54, 1.807) is 36.4 Å². The molecule has 0 spiro atoms. The Hall–Kier alpha value is -3.26. The molecule has 1 N–H and O–H groups in total. The molecule has 0 aliphatic carbocycles. The number of ether oxygens (including phenoxy) is 4. The maximum atomic E-state index is 12.1. The maximum absolute atomic E-state index is 12.1. The Bertz CT molecular complexity index is 1090. The third-order valence-electron chi connectivity index (χ3n) is 6.07. The second kappa shape index (κ2) is 18.1. The number of carbonyl (C=O) groups is 1. The predicted octanol–water partition coefficient (Wildman–Crippen LogP) is 6.02. The molecule has 0 radical (unpaired) electrons. The number of benzene rings is 3. The Morgan fingerprint density at radius 1 is 0.872 bits per heavy atom. The molecule has 1 fully saturated rings. The first kappa shape index (κ1) is 32.0. The van der Waals surface area contributed by atoms with Gasteiger partial charge in [0.2, 0.25) is 0 Å². The Kier molecular flexibility index (Phi) is 14.8. The van der Waals surface area contributed by atoms with Gasteiger partial charge in [0.25, 0.3) is 0 Å². The first-order valence-electron chi connectivity index (χ1n) is 13.2. The van der Waals surface area contributed by atoms with Gasteiger partial charge in [-0.3, -0.25) is 9.69 Å². The first-order chi connectivity index (χ1) is 18.6. The normalized spacial score (nSPS) is 12.9. The quantitative estimate of drug-likeness (QED) is 0.215. The van der Waals surface area contributed by atoms with Crippen LogP contribution in [0.5, 0.6) is 23.0 Å². The molecule has 39 heavy (non-hydrogen) atoms. The molecule has 0 amide bonds. The van der Waals surface area contributed by atoms with E-state index in [1.807, 2.05) is 30.3 Å². The molecule has 1 saturated heterocycles. The second-order valence-electron chi connectivity index (χ2n) is 8.91. The van der Waals surface area contributed by atoms with E-state index >= 15 is 0 Å². The van der Waals surface area contributed by atoms with Gasteiger partial charge in [-0.05, 0) is 49.2 Å². The number of phenolic OH excluding ortho intramolecular Hbond substituents is 1. The van der Waals surface area contributed by atoms with Crippen LogP contribution in [-0.2, 0) is 4.74 Å². The summed E-state index contributed by atoms with van der Waals surface area (Å²) in [7, 11) is 1.51. The highest BCUT2D eigenvalue weighted by Gasteiger charge is 2.13. The van der Waals surface area contributed by atoms with E-state index in [9.17, 15) is 9.90 Å². The number of phenols is 1. The zero-order valence-corrected chi connectivity index (χ0v) is 23.7. The number of carbonyl (C=O) groups excluding carboxylic acids is 1. The average Bonchev–Trinajstić information content (AvgIpc) is 2.97. The zero-order valence-electron chi connectivity index (χ0n) is 22.8. The number of ketones is 1. The van der Waals surface area contributed by atoms with Crippen molar-refractivity contribution in [3.05, 3.63) is 83.9 Å². The predicted molar refractivity (Wildman–Crippen MR) is 156 cm³/mol. The van der Waals surface area contributed by atoms with E-state index in [1.165, 1.54) is 13.2 Å². The van der Waals surface area contributed by atoms with Crippen molar-refractivity contribution in [2.45, 2.75) is 26.2 Å². The molecule has 7 nitrogen and oxygen atoms in total. The van der Waals surface area contributed by atoms with Gasteiger partial charge in [0.1, 0.15) is 23.0 Å². The number of unbranched alkanes of at least 4 members (excludes halogenated alkanes) is 1. The van der Waals surface area contributed by atoms with E-state index in [-0.39, 0.29) is 29.5 Å². The summed E-state index contributed by atoms with van der Waals surface area (Å²) in [5.41, 5.74) is 0.824. The summed E-state index contributed by atoms with van der Waals surface area (Å²) in [6.45, 7) is 8.61. The molecular weight excluding hydrogens is 518 g/mol.